The minimum absolute atomic E-state index is 0.0702. The number of H-pyrrole nitrogens is 1. The third-order valence-corrected chi connectivity index (χ3v) is 5.29. The molecule has 0 aliphatic carbocycles. The van der Waals surface area contributed by atoms with Crippen LogP contribution >= 0.6 is 0 Å². The van der Waals surface area contributed by atoms with Gasteiger partial charge in [-0.25, -0.2) is 0 Å². The Labute approximate surface area is 150 Å². The van der Waals surface area contributed by atoms with Crippen LogP contribution in [0.1, 0.15) is 23.4 Å². The normalized spacial score (nSPS) is 14.4. The van der Waals surface area contributed by atoms with Gasteiger partial charge in [-0.3, -0.25) is 9.97 Å². The Kier molecular flexibility index (Phi) is 5.10. The lowest BCUT2D eigenvalue weighted by molar-refractivity contribution is -0.153. The summed E-state index contributed by atoms with van der Waals surface area (Å²) in [6, 6.07) is 8.65. The van der Waals surface area contributed by atoms with E-state index in [1.807, 2.05) is 18.2 Å². The van der Waals surface area contributed by atoms with E-state index in [1.54, 1.807) is 19.9 Å². The molecule has 2 heterocycles. The minimum Gasteiger partial charge on any atom is -0.608 e. The number of fused-ring (bicyclic) bond motifs is 1. The van der Waals surface area contributed by atoms with Crippen molar-refractivity contribution in [3.8, 4) is 5.75 Å². The third kappa shape index (κ3) is 3.94. The first-order valence-corrected chi connectivity index (χ1v) is 8.98. The van der Waals surface area contributed by atoms with Gasteiger partial charge in [0.15, 0.2) is 11.9 Å². The number of rotatable bonds is 5. The van der Waals surface area contributed by atoms with Crippen LogP contribution in [0.5, 0.6) is 5.75 Å². The van der Waals surface area contributed by atoms with Gasteiger partial charge in [-0.1, -0.05) is 12.1 Å². The van der Waals surface area contributed by atoms with Crippen molar-refractivity contribution < 1.29 is 22.5 Å². The van der Waals surface area contributed by atoms with Crippen molar-refractivity contribution in [2.75, 3.05) is 6.61 Å². The number of imidazole rings is 1. The van der Waals surface area contributed by atoms with Gasteiger partial charge in [-0.15, -0.1) is 0 Å². The summed E-state index contributed by atoms with van der Waals surface area (Å²) in [6.07, 6.45) is -3.08. The van der Waals surface area contributed by atoms with Crippen LogP contribution in [-0.4, -0.2) is 32.3 Å². The van der Waals surface area contributed by atoms with Gasteiger partial charge in [0.05, 0.1) is 16.7 Å². The number of halogens is 3. The zero-order chi connectivity index (χ0) is 18.9. The summed E-state index contributed by atoms with van der Waals surface area (Å²) in [5, 5.41) is -0.286. The van der Waals surface area contributed by atoms with Gasteiger partial charge >= 0.3 is 11.3 Å². The smallest absolute Gasteiger partial charge is 0.422 e. The van der Waals surface area contributed by atoms with E-state index in [4.69, 9.17) is 4.74 Å². The molecule has 1 aromatic carbocycles. The van der Waals surface area contributed by atoms with Crippen LogP contribution in [0.15, 0.2) is 41.7 Å². The average molecular weight is 383 g/mol. The van der Waals surface area contributed by atoms with Crippen molar-refractivity contribution >= 4 is 22.2 Å². The van der Waals surface area contributed by atoms with E-state index in [9.17, 15) is 17.7 Å². The quantitative estimate of drug-likeness (QED) is 0.674. The number of alkyl halides is 3. The number of nitrogens with zero attached hydrogens (tertiary/aromatic N) is 2. The molecule has 9 heteroatoms. The van der Waals surface area contributed by atoms with Gasteiger partial charge in [0.2, 0.25) is 0 Å². The van der Waals surface area contributed by atoms with E-state index < -0.39 is 29.2 Å². The summed E-state index contributed by atoms with van der Waals surface area (Å²) in [7, 11) is 0. The molecule has 0 saturated heterocycles. The highest BCUT2D eigenvalue weighted by molar-refractivity contribution is 7.91. The van der Waals surface area contributed by atoms with E-state index in [0.29, 0.717) is 21.9 Å². The number of nitrogens with one attached hydrogen (secondary N) is 1. The first-order chi connectivity index (χ1) is 12.3. The van der Waals surface area contributed by atoms with E-state index in [0.717, 1.165) is 5.52 Å². The molecule has 1 N–H and O–H groups in total. The molecule has 2 unspecified atom stereocenters. The van der Waals surface area contributed by atoms with Gasteiger partial charge in [-0.05, 0) is 32.0 Å². The summed E-state index contributed by atoms with van der Waals surface area (Å²) < 4.78 is 54.8. The Bertz CT molecular complexity index is 881. The number of para-hydroxylation sites is 2. The summed E-state index contributed by atoms with van der Waals surface area (Å²) in [5.41, 5.74) is 2.28. The molecule has 0 fully saturated rings. The lowest BCUT2D eigenvalue weighted by atomic mass is 10.1. The second kappa shape index (κ2) is 7.16. The van der Waals surface area contributed by atoms with Gasteiger partial charge in [-0.2, -0.15) is 18.2 Å². The van der Waals surface area contributed by atoms with Crippen LogP contribution in [0.4, 0.5) is 13.2 Å². The van der Waals surface area contributed by atoms with Crippen LogP contribution in [0.25, 0.3) is 11.0 Å². The van der Waals surface area contributed by atoms with Crippen molar-refractivity contribution in [1.29, 1.82) is 0 Å². The number of benzene rings is 1. The molecule has 3 aromatic rings. The first-order valence-electron chi connectivity index (χ1n) is 7.76. The number of aromatic amines is 1. The summed E-state index contributed by atoms with van der Waals surface area (Å²) in [4.78, 5) is 11.5. The van der Waals surface area contributed by atoms with E-state index in [-0.39, 0.29) is 5.75 Å². The number of ether oxygens (including phenoxy) is 1. The highest BCUT2D eigenvalue weighted by Crippen LogP contribution is 2.32. The van der Waals surface area contributed by atoms with Crippen molar-refractivity contribution in [3.63, 3.8) is 0 Å². The zero-order valence-corrected chi connectivity index (χ0v) is 14.8. The second-order valence-corrected chi connectivity index (χ2v) is 7.41. The maximum Gasteiger partial charge on any atom is 0.422 e. The lowest BCUT2D eigenvalue weighted by Crippen LogP contribution is -2.20. The largest absolute Gasteiger partial charge is 0.608 e. The van der Waals surface area contributed by atoms with Crippen LogP contribution in [0.2, 0.25) is 0 Å². The lowest BCUT2D eigenvalue weighted by Gasteiger charge is -2.18. The molecule has 0 spiro atoms. The van der Waals surface area contributed by atoms with E-state index >= 15 is 0 Å². The van der Waals surface area contributed by atoms with Crippen molar-refractivity contribution in [3.05, 3.63) is 47.8 Å². The molecule has 26 heavy (non-hydrogen) atoms. The van der Waals surface area contributed by atoms with Crippen LogP contribution in [-0.2, 0) is 11.2 Å². The van der Waals surface area contributed by atoms with Crippen LogP contribution < -0.4 is 4.74 Å². The topological polar surface area (TPSA) is 73.9 Å². The number of hydrogen-bond acceptors (Lipinski definition) is 4. The van der Waals surface area contributed by atoms with Gasteiger partial charge in [0.25, 0.3) is 0 Å². The maximum atomic E-state index is 12.9. The molecule has 0 aliphatic rings. The predicted octanol–water partition coefficient (Wildman–Crippen LogP) is 4.08. The SMILES string of the molecule is Cc1c(OCC(F)(F)F)ccnc1C(C)[S+]([O-])c1nc2ccccc2[nH]1. The van der Waals surface area contributed by atoms with Crippen molar-refractivity contribution in [2.24, 2.45) is 0 Å². The van der Waals surface area contributed by atoms with Gasteiger partial charge in [0.1, 0.15) is 5.75 Å². The molecule has 0 radical (unpaired) electrons. The van der Waals surface area contributed by atoms with Crippen LogP contribution in [0.3, 0.4) is 0 Å². The number of aromatic nitrogens is 3. The molecule has 2 aromatic heterocycles. The van der Waals surface area contributed by atoms with E-state index in [1.165, 1.54) is 12.3 Å². The Morgan fingerprint density at radius 3 is 2.69 bits per heavy atom. The summed E-state index contributed by atoms with van der Waals surface area (Å²) >= 11 is -1.56. The molecular weight excluding hydrogens is 367 g/mol. The van der Waals surface area contributed by atoms with E-state index in [2.05, 4.69) is 15.0 Å². The average Bonchev–Trinajstić information content (AvgIpc) is 3.03. The van der Waals surface area contributed by atoms with Crippen molar-refractivity contribution in [1.82, 2.24) is 15.0 Å². The molecule has 0 amide bonds. The molecule has 0 bridgehead atoms. The fourth-order valence-electron chi connectivity index (χ4n) is 2.55. The molecule has 2 atom stereocenters. The first kappa shape index (κ1) is 18.5. The molecule has 138 valence electrons. The fraction of sp³-hybridized carbons (Fsp3) is 0.294. The Balaban J connectivity index is 1.85. The summed E-state index contributed by atoms with van der Waals surface area (Å²) in [6.45, 7) is 1.89. The fourth-order valence-corrected chi connectivity index (χ4v) is 3.73. The Hall–Kier alpha value is -2.26. The zero-order valence-electron chi connectivity index (χ0n) is 14.0. The molecule has 0 aliphatic heterocycles. The highest BCUT2D eigenvalue weighted by Gasteiger charge is 2.31. The van der Waals surface area contributed by atoms with Gasteiger partial charge < -0.3 is 9.29 Å². The molecular formula is C17H16F3N3O2S. The predicted molar refractivity (Wildman–Crippen MR) is 91.4 cm³/mol. The Morgan fingerprint density at radius 1 is 1.27 bits per heavy atom. The summed E-state index contributed by atoms with van der Waals surface area (Å²) in [5.74, 6) is 0.0702. The standard InChI is InChI=1S/C17H16F3N3O2S/c1-10-14(25-9-17(18,19)20)7-8-21-15(10)11(2)26(24)16-22-12-5-3-4-6-13(12)23-16/h3-8,11H,9H2,1-2H3,(H,22,23). The highest BCUT2D eigenvalue weighted by atomic mass is 32.2. The third-order valence-electron chi connectivity index (χ3n) is 3.85. The molecule has 0 saturated carbocycles. The van der Waals surface area contributed by atoms with Crippen LogP contribution in [0, 0.1) is 6.92 Å². The minimum atomic E-state index is -4.43. The number of pyridine rings is 1. The molecule has 3 rings (SSSR count). The van der Waals surface area contributed by atoms with Crippen molar-refractivity contribution in [2.45, 2.75) is 30.4 Å². The molecule has 5 nitrogen and oxygen atoms in total. The maximum absolute atomic E-state index is 12.9. The number of hydrogen-bond donors (Lipinski definition) is 1. The monoisotopic (exact) mass is 383 g/mol. The van der Waals surface area contributed by atoms with Gasteiger partial charge in [0, 0.05) is 22.9 Å². The second-order valence-electron chi connectivity index (χ2n) is 5.72. The Morgan fingerprint density at radius 2 is 2.00 bits per heavy atom.